The van der Waals surface area contributed by atoms with E-state index in [1.807, 2.05) is 11.8 Å². The van der Waals surface area contributed by atoms with Crippen molar-refractivity contribution in [2.75, 3.05) is 45.2 Å². The van der Waals surface area contributed by atoms with E-state index in [0.717, 1.165) is 6.07 Å². The van der Waals surface area contributed by atoms with E-state index in [-0.39, 0.29) is 18.1 Å². The first kappa shape index (κ1) is 21.2. The number of methoxy groups -OCH3 is 1. The molecule has 2 rings (SSSR count). The molecule has 6 nitrogen and oxygen atoms in total. The highest BCUT2D eigenvalue weighted by Crippen LogP contribution is 2.34. The van der Waals surface area contributed by atoms with Gasteiger partial charge in [-0.1, -0.05) is 19.1 Å². The van der Waals surface area contributed by atoms with Gasteiger partial charge < -0.3 is 15.0 Å². The molecule has 150 valence electrons. The summed E-state index contributed by atoms with van der Waals surface area (Å²) >= 11 is 0. The number of rotatable bonds is 6. The summed E-state index contributed by atoms with van der Waals surface area (Å²) in [6, 6.07) is 4.88. The minimum Gasteiger partial charge on any atom is -0.372 e. The molecule has 1 unspecified atom stereocenters. The summed E-state index contributed by atoms with van der Waals surface area (Å²) in [5.41, 5.74) is -1.13. The quantitative estimate of drug-likeness (QED) is 0.813. The monoisotopic (exact) mass is 387 g/mol. The molecule has 0 saturated carbocycles. The number of hydrogen-bond acceptors (Lipinski definition) is 4. The molecule has 1 heterocycles. The number of halogens is 3. The molecular weight excluding hydrogens is 363 g/mol. The van der Waals surface area contributed by atoms with Crippen molar-refractivity contribution in [3.05, 3.63) is 29.8 Å². The van der Waals surface area contributed by atoms with Crippen LogP contribution in [0.3, 0.4) is 0 Å². The topological polar surface area (TPSA) is 61.9 Å². The van der Waals surface area contributed by atoms with Crippen LogP contribution in [0.5, 0.6) is 0 Å². The van der Waals surface area contributed by atoms with E-state index >= 15 is 0 Å². The molecule has 1 atom stereocenters. The zero-order chi connectivity index (χ0) is 20.0. The summed E-state index contributed by atoms with van der Waals surface area (Å²) in [6.45, 7) is 3.68. The van der Waals surface area contributed by atoms with Crippen LogP contribution in [0.15, 0.2) is 24.3 Å². The lowest BCUT2D eigenvalue weighted by Crippen LogP contribution is -2.52. The number of ether oxygens (including phenoxy) is 1. The van der Waals surface area contributed by atoms with Gasteiger partial charge in [0.05, 0.1) is 17.8 Å². The Bertz CT molecular complexity index is 655. The highest BCUT2D eigenvalue weighted by molar-refractivity contribution is 5.93. The molecule has 1 aromatic rings. The van der Waals surface area contributed by atoms with E-state index < -0.39 is 23.8 Å². The van der Waals surface area contributed by atoms with E-state index in [4.69, 9.17) is 4.74 Å². The van der Waals surface area contributed by atoms with Gasteiger partial charge in [0.25, 0.3) is 5.91 Å². The van der Waals surface area contributed by atoms with E-state index in [2.05, 4.69) is 5.32 Å². The molecule has 0 aliphatic carbocycles. The Kier molecular flexibility index (Phi) is 7.20. The number of hydrogen-bond donors (Lipinski definition) is 1. The summed E-state index contributed by atoms with van der Waals surface area (Å²) in [6.07, 6.45) is -4.43. The van der Waals surface area contributed by atoms with Crippen LogP contribution in [0.2, 0.25) is 0 Å². The van der Waals surface area contributed by atoms with Crippen molar-refractivity contribution in [1.82, 2.24) is 9.80 Å². The lowest BCUT2D eigenvalue weighted by Gasteiger charge is -2.35. The summed E-state index contributed by atoms with van der Waals surface area (Å²) in [5.74, 6) is -0.599. The van der Waals surface area contributed by atoms with Crippen molar-refractivity contribution in [1.29, 1.82) is 0 Å². The standard InChI is InChI=1S/C18H24F3N3O3/c1-3-15(27-2)17(26)24-10-8-23(9-11-24)12-16(25)22-14-7-5-4-6-13(14)18(19,20)21/h4-7,15H,3,8-12H2,1-2H3,(H,22,25). The average Bonchev–Trinajstić information content (AvgIpc) is 2.62. The lowest BCUT2D eigenvalue weighted by molar-refractivity contribution is -0.144. The molecular formula is C18H24F3N3O3. The minimum atomic E-state index is -4.53. The van der Waals surface area contributed by atoms with E-state index in [1.54, 1.807) is 4.90 Å². The highest BCUT2D eigenvalue weighted by Gasteiger charge is 2.34. The second kappa shape index (κ2) is 9.18. The van der Waals surface area contributed by atoms with Gasteiger partial charge in [0.2, 0.25) is 5.91 Å². The van der Waals surface area contributed by atoms with E-state index in [9.17, 15) is 22.8 Å². The number of nitrogens with zero attached hydrogens (tertiary/aromatic N) is 2. The Labute approximate surface area is 156 Å². The van der Waals surface area contributed by atoms with Crippen molar-refractivity contribution in [2.45, 2.75) is 25.6 Å². The molecule has 1 aliphatic rings. The second-order valence-corrected chi connectivity index (χ2v) is 6.33. The van der Waals surface area contributed by atoms with Gasteiger partial charge in [0, 0.05) is 33.3 Å². The van der Waals surface area contributed by atoms with Gasteiger partial charge in [-0.2, -0.15) is 13.2 Å². The first-order valence-corrected chi connectivity index (χ1v) is 8.76. The fourth-order valence-corrected chi connectivity index (χ4v) is 3.00. The normalized spacial score (nSPS) is 16.9. The van der Waals surface area contributed by atoms with Crippen LogP contribution >= 0.6 is 0 Å². The van der Waals surface area contributed by atoms with Crippen LogP contribution in [-0.2, 0) is 20.5 Å². The molecule has 0 radical (unpaired) electrons. The molecule has 0 spiro atoms. The summed E-state index contributed by atoms with van der Waals surface area (Å²) in [5, 5.41) is 2.33. The van der Waals surface area contributed by atoms with Crippen molar-refractivity contribution < 1.29 is 27.5 Å². The number of anilines is 1. The fraction of sp³-hybridized carbons (Fsp3) is 0.556. The highest BCUT2D eigenvalue weighted by atomic mass is 19.4. The van der Waals surface area contributed by atoms with Crippen LogP contribution in [0.25, 0.3) is 0 Å². The molecule has 1 fully saturated rings. The first-order valence-electron chi connectivity index (χ1n) is 8.76. The largest absolute Gasteiger partial charge is 0.418 e. The molecule has 0 bridgehead atoms. The Morgan fingerprint density at radius 1 is 1.19 bits per heavy atom. The number of benzene rings is 1. The lowest BCUT2D eigenvalue weighted by atomic mass is 10.1. The van der Waals surface area contributed by atoms with Gasteiger partial charge >= 0.3 is 6.18 Å². The molecule has 9 heteroatoms. The van der Waals surface area contributed by atoms with Gasteiger partial charge in [-0.3, -0.25) is 14.5 Å². The number of para-hydroxylation sites is 1. The number of nitrogens with one attached hydrogen (secondary N) is 1. The molecule has 27 heavy (non-hydrogen) atoms. The molecule has 1 aromatic carbocycles. The SMILES string of the molecule is CCC(OC)C(=O)N1CCN(CC(=O)Nc2ccccc2C(F)(F)F)CC1. The zero-order valence-corrected chi connectivity index (χ0v) is 15.4. The van der Waals surface area contributed by atoms with Gasteiger partial charge in [-0.25, -0.2) is 0 Å². The predicted octanol–water partition coefficient (Wildman–Crippen LogP) is 2.21. The molecule has 1 aliphatic heterocycles. The smallest absolute Gasteiger partial charge is 0.372 e. The Morgan fingerprint density at radius 3 is 2.37 bits per heavy atom. The van der Waals surface area contributed by atoms with Crippen molar-refractivity contribution >= 4 is 17.5 Å². The number of amides is 2. The number of piperazine rings is 1. The fourth-order valence-electron chi connectivity index (χ4n) is 3.00. The maximum absolute atomic E-state index is 13.0. The van der Waals surface area contributed by atoms with Crippen molar-refractivity contribution in [3.63, 3.8) is 0 Å². The van der Waals surface area contributed by atoms with Crippen molar-refractivity contribution in [3.8, 4) is 0 Å². The van der Waals surface area contributed by atoms with Gasteiger partial charge in [-0.05, 0) is 18.6 Å². The Hall–Kier alpha value is -2.13. The Morgan fingerprint density at radius 2 is 1.81 bits per heavy atom. The van der Waals surface area contributed by atoms with E-state index in [0.29, 0.717) is 32.6 Å². The van der Waals surface area contributed by atoms with Crippen LogP contribution in [0.4, 0.5) is 18.9 Å². The van der Waals surface area contributed by atoms with E-state index in [1.165, 1.54) is 25.3 Å². The van der Waals surface area contributed by atoms with Gasteiger partial charge in [0.15, 0.2) is 0 Å². The third-order valence-electron chi connectivity index (χ3n) is 4.49. The van der Waals surface area contributed by atoms with Crippen LogP contribution in [0.1, 0.15) is 18.9 Å². The first-order chi connectivity index (χ1) is 12.8. The maximum atomic E-state index is 13.0. The molecule has 2 amide bonds. The number of carbonyl (C=O) groups excluding carboxylic acids is 2. The molecule has 0 aromatic heterocycles. The zero-order valence-electron chi connectivity index (χ0n) is 15.4. The average molecular weight is 387 g/mol. The maximum Gasteiger partial charge on any atom is 0.418 e. The van der Waals surface area contributed by atoms with Crippen LogP contribution in [0, 0.1) is 0 Å². The van der Waals surface area contributed by atoms with Crippen LogP contribution < -0.4 is 5.32 Å². The number of alkyl halides is 3. The summed E-state index contributed by atoms with van der Waals surface area (Å²) < 4.78 is 44.1. The minimum absolute atomic E-state index is 0.0320. The molecule has 1 N–H and O–H groups in total. The van der Waals surface area contributed by atoms with Crippen molar-refractivity contribution in [2.24, 2.45) is 0 Å². The number of carbonyl (C=O) groups is 2. The third kappa shape index (κ3) is 5.67. The van der Waals surface area contributed by atoms with Crippen LogP contribution in [-0.4, -0.2) is 67.6 Å². The Balaban J connectivity index is 1.88. The third-order valence-corrected chi connectivity index (χ3v) is 4.49. The molecule has 1 saturated heterocycles. The van der Waals surface area contributed by atoms with Gasteiger partial charge in [-0.15, -0.1) is 0 Å². The summed E-state index contributed by atoms with van der Waals surface area (Å²) in [4.78, 5) is 27.9. The summed E-state index contributed by atoms with van der Waals surface area (Å²) in [7, 11) is 1.49. The predicted molar refractivity (Wildman–Crippen MR) is 94.2 cm³/mol. The second-order valence-electron chi connectivity index (χ2n) is 6.33. The van der Waals surface area contributed by atoms with Gasteiger partial charge in [0.1, 0.15) is 6.10 Å².